The average Bonchev–Trinajstić information content (AvgIpc) is 2.79. The fraction of sp³-hybridized carbons (Fsp3) is 0.333. The predicted molar refractivity (Wildman–Crippen MR) is 69.9 cm³/mol. The van der Waals surface area contributed by atoms with Gasteiger partial charge in [-0.1, -0.05) is 13.0 Å². The highest BCUT2D eigenvalue weighted by molar-refractivity contribution is 5.24. The lowest BCUT2D eigenvalue weighted by Gasteiger charge is -2.16. The number of benzene rings is 1. The van der Waals surface area contributed by atoms with E-state index in [1.54, 1.807) is 12.3 Å². The van der Waals surface area contributed by atoms with E-state index in [-0.39, 0.29) is 6.04 Å². The Hall–Kier alpha value is -1.68. The lowest BCUT2D eigenvalue weighted by molar-refractivity contribution is 0.412. The van der Waals surface area contributed by atoms with Crippen LogP contribution in [-0.4, -0.2) is 6.54 Å². The van der Waals surface area contributed by atoms with E-state index in [1.165, 1.54) is 6.07 Å². The van der Waals surface area contributed by atoms with Crippen molar-refractivity contribution in [2.45, 2.75) is 26.3 Å². The van der Waals surface area contributed by atoms with Gasteiger partial charge in [-0.3, -0.25) is 0 Å². The maximum Gasteiger partial charge on any atom is 0.159 e. The zero-order chi connectivity index (χ0) is 13.8. The molecule has 0 spiro atoms. The Morgan fingerprint density at radius 3 is 2.58 bits per heavy atom. The van der Waals surface area contributed by atoms with Crippen molar-refractivity contribution in [3.63, 3.8) is 0 Å². The zero-order valence-electron chi connectivity index (χ0n) is 11.0. The molecule has 0 aliphatic carbocycles. The van der Waals surface area contributed by atoms with Gasteiger partial charge in [0.15, 0.2) is 11.6 Å². The summed E-state index contributed by atoms with van der Waals surface area (Å²) >= 11 is 0. The average molecular weight is 265 g/mol. The van der Waals surface area contributed by atoms with Gasteiger partial charge in [0, 0.05) is 0 Å². The quantitative estimate of drug-likeness (QED) is 0.890. The smallest absolute Gasteiger partial charge is 0.159 e. The predicted octanol–water partition coefficient (Wildman–Crippen LogP) is 3.76. The van der Waals surface area contributed by atoms with Crippen molar-refractivity contribution < 1.29 is 13.2 Å². The van der Waals surface area contributed by atoms with Gasteiger partial charge in [0.25, 0.3) is 0 Å². The molecule has 1 aromatic carbocycles. The van der Waals surface area contributed by atoms with Crippen molar-refractivity contribution in [2.24, 2.45) is 0 Å². The molecule has 2 rings (SSSR count). The molecule has 0 saturated heterocycles. The van der Waals surface area contributed by atoms with E-state index in [0.717, 1.165) is 29.5 Å². The maximum absolute atomic E-state index is 13.2. The minimum atomic E-state index is -0.821. The summed E-state index contributed by atoms with van der Waals surface area (Å²) in [6.45, 7) is 4.74. The van der Waals surface area contributed by atoms with Gasteiger partial charge >= 0.3 is 0 Å². The normalized spacial score (nSPS) is 12.6. The molecule has 1 N–H and O–H groups in total. The molecule has 1 heterocycles. The number of aryl methyl sites for hydroxylation is 1. The summed E-state index contributed by atoms with van der Waals surface area (Å²) in [7, 11) is 0. The van der Waals surface area contributed by atoms with Gasteiger partial charge in [0.2, 0.25) is 0 Å². The van der Waals surface area contributed by atoms with Gasteiger partial charge in [-0.2, -0.15) is 0 Å². The molecule has 2 nitrogen and oxygen atoms in total. The van der Waals surface area contributed by atoms with Gasteiger partial charge in [-0.15, -0.1) is 0 Å². The number of hydrogen-bond donors (Lipinski definition) is 1. The molecule has 102 valence electrons. The monoisotopic (exact) mass is 265 g/mol. The van der Waals surface area contributed by atoms with E-state index < -0.39 is 11.6 Å². The third kappa shape index (κ3) is 3.20. The second kappa shape index (κ2) is 5.97. The van der Waals surface area contributed by atoms with E-state index >= 15 is 0 Å². The third-order valence-corrected chi connectivity index (χ3v) is 3.09. The first-order chi connectivity index (χ1) is 9.11. The topological polar surface area (TPSA) is 25.2 Å². The van der Waals surface area contributed by atoms with E-state index in [0.29, 0.717) is 6.42 Å². The van der Waals surface area contributed by atoms with E-state index in [9.17, 15) is 8.78 Å². The summed E-state index contributed by atoms with van der Waals surface area (Å²) in [6, 6.07) is 5.84. The van der Waals surface area contributed by atoms with Crippen LogP contribution in [0.3, 0.4) is 0 Å². The van der Waals surface area contributed by atoms with Crippen molar-refractivity contribution in [2.75, 3.05) is 6.54 Å². The Kier molecular flexibility index (Phi) is 4.32. The summed E-state index contributed by atoms with van der Waals surface area (Å²) in [4.78, 5) is 0. The SMILES string of the molecule is CCNC(Cc1ccc(F)c(F)c1)c1occc1C. The van der Waals surface area contributed by atoms with Crippen LogP contribution < -0.4 is 5.32 Å². The summed E-state index contributed by atoms with van der Waals surface area (Å²) in [5.74, 6) is -0.798. The molecule has 0 bridgehead atoms. The van der Waals surface area contributed by atoms with E-state index in [4.69, 9.17) is 4.42 Å². The first-order valence-corrected chi connectivity index (χ1v) is 6.33. The molecule has 1 unspecified atom stereocenters. The molecule has 0 aliphatic rings. The van der Waals surface area contributed by atoms with Crippen LogP contribution in [0.2, 0.25) is 0 Å². The Balaban J connectivity index is 2.21. The van der Waals surface area contributed by atoms with Crippen LogP contribution in [0.1, 0.15) is 29.9 Å². The fourth-order valence-corrected chi connectivity index (χ4v) is 2.15. The number of rotatable bonds is 5. The number of likely N-dealkylation sites (N-methyl/N-ethyl adjacent to an activating group) is 1. The second-order valence-corrected chi connectivity index (χ2v) is 4.53. The highest BCUT2D eigenvalue weighted by atomic mass is 19.2. The number of nitrogens with one attached hydrogen (secondary N) is 1. The Morgan fingerprint density at radius 1 is 1.21 bits per heavy atom. The third-order valence-electron chi connectivity index (χ3n) is 3.09. The minimum absolute atomic E-state index is 0.0372. The highest BCUT2D eigenvalue weighted by Gasteiger charge is 2.17. The molecular weight excluding hydrogens is 248 g/mol. The van der Waals surface area contributed by atoms with Crippen molar-refractivity contribution in [1.29, 1.82) is 0 Å². The molecule has 0 aliphatic heterocycles. The summed E-state index contributed by atoms with van der Waals surface area (Å²) in [5.41, 5.74) is 1.79. The van der Waals surface area contributed by atoms with E-state index in [2.05, 4.69) is 5.32 Å². The lowest BCUT2D eigenvalue weighted by Crippen LogP contribution is -2.23. The molecule has 1 atom stereocenters. The molecule has 0 saturated carbocycles. The van der Waals surface area contributed by atoms with Crippen molar-refractivity contribution >= 4 is 0 Å². The molecular formula is C15H17F2NO. The molecule has 2 aromatic rings. The van der Waals surface area contributed by atoms with Crippen LogP contribution in [0.5, 0.6) is 0 Å². The highest BCUT2D eigenvalue weighted by Crippen LogP contribution is 2.23. The van der Waals surface area contributed by atoms with Gasteiger partial charge in [-0.25, -0.2) is 8.78 Å². The Bertz CT molecular complexity index is 551. The summed E-state index contributed by atoms with van der Waals surface area (Å²) < 4.78 is 31.6. The fourth-order valence-electron chi connectivity index (χ4n) is 2.15. The molecule has 4 heteroatoms. The number of hydrogen-bond acceptors (Lipinski definition) is 2. The van der Waals surface area contributed by atoms with E-state index in [1.807, 2.05) is 19.9 Å². The number of furan rings is 1. The lowest BCUT2D eigenvalue weighted by atomic mass is 10.0. The summed E-state index contributed by atoms with van der Waals surface area (Å²) in [5, 5.41) is 3.30. The molecule has 0 radical (unpaired) electrons. The van der Waals surface area contributed by atoms with Gasteiger partial charge in [0.05, 0.1) is 12.3 Å². The van der Waals surface area contributed by atoms with Crippen molar-refractivity contribution in [3.05, 3.63) is 59.1 Å². The second-order valence-electron chi connectivity index (χ2n) is 4.53. The molecule has 19 heavy (non-hydrogen) atoms. The molecule has 1 aromatic heterocycles. The van der Waals surface area contributed by atoms with Gasteiger partial charge in [-0.05, 0) is 49.2 Å². The molecule has 0 fully saturated rings. The first-order valence-electron chi connectivity index (χ1n) is 6.33. The van der Waals surface area contributed by atoms with Crippen LogP contribution in [-0.2, 0) is 6.42 Å². The van der Waals surface area contributed by atoms with Crippen LogP contribution in [0.15, 0.2) is 34.9 Å². The maximum atomic E-state index is 13.2. The first kappa shape index (κ1) is 13.7. The standard InChI is InChI=1S/C15H17F2NO/c1-3-18-14(15-10(2)6-7-19-15)9-11-4-5-12(16)13(17)8-11/h4-8,14,18H,3,9H2,1-2H3. The van der Waals surface area contributed by atoms with Crippen LogP contribution in [0.4, 0.5) is 8.78 Å². The van der Waals surface area contributed by atoms with Gasteiger partial charge in [0.1, 0.15) is 5.76 Å². The number of halogens is 2. The Morgan fingerprint density at radius 2 is 2.00 bits per heavy atom. The largest absolute Gasteiger partial charge is 0.467 e. The van der Waals surface area contributed by atoms with Crippen LogP contribution in [0, 0.1) is 18.6 Å². The van der Waals surface area contributed by atoms with Crippen molar-refractivity contribution in [3.8, 4) is 0 Å². The zero-order valence-corrected chi connectivity index (χ0v) is 11.0. The Labute approximate surface area is 111 Å². The minimum Gasteiger partial charge on any atom is -0.467 e. The van der Waals surface area contributed by atoms with Crippen molar-refractivity contribution in [1.82, 2.24) is 5.32 Å². The molecule has 0 amide bonds. The van der Waals surface area contributed by atoms with Crippen LogP contribution >= 0.6 is 0 Å². The van der Waals surface area contributed by atoms with Crippen LogP contribution in [0.25, 0.3) is 0 Å². The van der Waals surface area contributed by atoms with Gasteiger partial charge < -0.3 is 9.73 Å². The summed E-state index contributed by atoms with van der Waals surface area (Å²) in [6.07, 6.45) is 2.19.